The molecule has 0 spiro atoms. The van der Waals surface area contributed by atoms with E-state index in [2.05, 4.69) is 42.3 Å². The molecule has 0 fully saturated rings. The lowest BCUT2D eigenvalue weighted by Gasteiger charge is -2.16. The highest BCUT2D eigenvalue weighted by atomic mass is 28.3. The highest BCUT2D eigenvalue weighted by Crippen LogP contribution is 2.22. The van der Waals surface area contributed by atoms with Crippen molar-refractivity contribution in [2.75, 3.05) is 0 Å². The number of hydrogen-bond donors (Lipinski definition) is 0. The van der Waals surface area contributed by atoms with Gasteiger partial charge in [0, 0.05) is 21.8 Å². The van der Waals surface area contributed by atoms with Crippen LogP contribution in [0.1, 0.15) is 43.3 Å². The first-order chi connectivity index (χ1) is 15.5. The maximum Gasteiger partial charge on any atom is 0.513 e. The van der Waals surface area contributed by atoms with E-state index in [-0.39, 0.29) is 6.54 Å². The summed E-state index contributed by atoms with van der Waals surface area (Å²) in [5.41, 5.74) is 7.50. The van der Waals surface area contributed by atoms with Crippen molar-refractivity contribution >= 4 is 19.9 Å². The highest BCUT2D eigenvalue weighted by Gasteiger charge is 2.33. The fourth-order valence-corrected chi connectivity index (χ4v) is 4.01. The minimum absolute atomic E-state index is 0.286. The van der Waals surface area contributed by atoms with Crippen LogP contribution in [-0.4, -0.2) is 35.3 Å². The number of aliphatic imine (C=N–C) groups is 1. The van der Waals surface area contributed by atoms with Crippen molar-refractivity contribution in [3.05, 3.63) is 77.4 Å². The molecule has 33 heavy (non-hydrogen) atoms. The number of carbonyl (C=O) groups is 1. The molecule has 168 valence electrons. The fraction of sp³-hybridized carbons (Fsp3) is 0.308. The third kappa shape index (κ3) is 5.12. The van der Waals surface area contributed by atoms with Crippen LogP contribution in [0, 0.1) is 11.5 Å². The van der Waals surface area contributed by atoms with E-state index in [9.17, 15) is 4.79 Å². The van der Waals surface area contributed by atoms with Crippen LogP contribution in [0.3, 0.4) is 0 Å². The van der Waals surface area contributed by atoms with Gasteiger partial charge >= 0.3 is 6.09 Å². The Bertz CT molecular complexity index is 1300. The molecule has 0 aliphatic carbocycles. The monoisotopic (exact) mass is 457 g/mol. The van der Waals surface area contributed by atoms with Gasteiger partial charge in [-0.2, -0.15) is 4.57 Å². The zero-order valence-electron chi connectivity index (χ0n) is 20.0. The molecule has 0 N–H and O–H groups in total. The van der Waals surface area contributed by atoms with E-state index in [0.29, 0.717) is 5.82 Å². The van der Waals surface area contributed by atoms with Gasteiger partial charge < -0.3 is 4.74 Å². The Hall–Kier alpha value is -3.50. The Balaban J connectivity index is 1.88. The summed E-state index contributed by atoms with van der Waals surface area (Å²) < 4.78 is 8.76. The molecule has 0 bridgehead atoms. The van der Waals surface area contributed by atoms with E-state index in [0.717, 1.165) is 28.1 Å². The van der Waals surface area contributed by atoms with E-state index in [1.54, 1.807) is 6.33 Å². The molecule has 7 heteroatoms. The predicted molar refractivity (Wildman–Crippen MR) is 131 cm³/mol. The van der Waals surface area contributed by atoms with E-state index in [4.69, 9.17) is 9.73 Å². The van der Waals surface area contributed by atoms with Crippen molar-refractivity contribution in [1.29, 1.82) is 0 Å². The van der Waals surface area contributed by atoms with Gasteiger partial charge in [0.1, 0.15) is 25.9 Å². The summed E-state index contributed by atoms with van der Waals surface area (Å²) in [6.45, 7) is 12.5. The molecule has 0 saturated carbocycles. The summed E-state index contributed by atoms with van der Waals surface area (Å²) in [5, 5.41) is 4.32. The number of ether oxygens (including phenoxy) is 1. The predicted octanol–water partition coefficient (Wildman–Crippen LogP) is 4.52. The molecule has 4 rings (SSSR count). The van der Waals surface area contributed by atoms with Crippen molar-refractivity contribution in [3.63, 3.8) is 0 Å². The Labute approximate surface area is 196 Å². The first-order valence-electron chi connectivity index (χ1n) is 11.0. The molecule has 0 unspecified atom stereocenters. The number of fused-ring (bicyclic) bond motifs is 3. The number of rotatable bonds is 1. The highest BCUT2D eigenvalue weighted by molar-refractivity contribution is 6.83. The lowest BCUT2D eigenvalue weighted by atomic mass is 9.98. The Morgan fingerprint density at radius 3 is 2.52 bits per heavy atom. The van der Waals surface area contributed by atoms with Crippen molar-refractivity contribution < 1.29 is 14.1 Å². The SMILES string of the molecule is CC(C)(C)OC(=O)n1nc[n+]2c1CN=C(c1ccccc1)c1cc(C#C[Si](C)(C)C)ccc1-2. The normalized spacial score (nSPS) is 13.1. The summed E-state index contributed by atoms with van der Waals surface area (Å²) in [7, 11) is -1.51. The summed E-state index contributed by atoms with van der Waals surface area (Å²) >= 11 is 0. The molecule has 2 aromatic carbocycles. The average Bonchev–Trinajstić information content (AvgIpc) is 3.09. The summed E-state index contributed by atoms with van der Waals surface area (Å²) in [5.74, 6) is 3.99. The zero-order valence-corrected chi connectivity index (χ0v) is 21.0. The molecule has 6 nitrogen and oxygen atoms in total. The van der Waals surface area contributed by atoms with Crippen molar-refractivity contribution in [2.45, 2.75) is 52.6 Å². The Morgan fingerprint density at radius 2 is 1.85 bits per heavy atom. The quantitative estimate of drug-likeness (QED) is 0.307. The molecule has 0 saturated heterocycles. The Kier molecular flexibility index (Phi) is 5.81. The molecule has 1 aliphatic heterocycles. The first kappa shape index (κ1) is 22.7. The smallest absolute Gasteiger partial charge is 0.429 e. The van der Waals surface area contributed by atoms with Gasteiger partial charge in [-0.05, 0) is 43.7 Å². The standard InChI is InChI=1S/C26H29N4O2Si/c1-26(2,3)32-25(31)30-23-17-27-24(20-10-8-7-9-11-20)21-16-19(14-15-33(4,5)6)12-13-22(21)29(23)18-28-30/h7-13,16,18H,17H2,1-6H3/q+1. The van der Waals surface area contributed by atoms with Crippen molar-refractivity contribution in [2.24, 2.45) is 4.99 Å². The minimum atomic E-state index is -1.51. The van der Waals surface area contributed by atoms with E-state index in [1.807, 2.05) is 67.8 Å². The molecule has 0 atom stereocenters. The number of aromatic nitrogens is 3. The molecule has 0 amide bonds. The van der Waals surface area contributed by atoms with Crippen LogP contribution in [0.4, 0.5) is 4.79 Å². The second-order valence-electron chi connectivity index (χ2n) is 10.1. The van der Waals surface area contributed by atoms with Crippen LogP contribution >= 0.6 is 0 Å². The molecule has 1 aromatic heterocycles. The van der Waals surface area contributed by atoms with Crippen LogP contribution < -0.4 is 4.57 Å². The third-order valence-corrected chi connectivity index (χ3v) is 5.77. The van der Waals surface area contributed by atoms with E-state index >= 15 is 0 Å². The summed E-state index contributed by atoms with van der Waals surface area (Å²) in [4.78, 5) is 17.7. The van der Waals surface area contributed by atoms with Crippen LogP contribution in [-0.2, 0) is 11.3 Å². The maximum atomic E-state index is 12.8. The second-order valence-corrected chi connectivity index (χ2v) is 14.8. The van der Waals surface area contributed by atoms with Gasteiger partial charge in [0.2, 0.25) is 0 Å². The average molecular weight is 458 g/mol. The lowest BCUT2D eigenvalue weighted by Crippen LogP contribution is -2.37. The molecular formula is C26H29N4O2Si+. The van der Waals surface area contributed by atoms with Crippen LogP contribution in [0.5, 0.6) is 0 Å². The van der Waals surface area contributed by atoms with Gasteiger partial charge in [-0.15, -0.1) is 5.54 Å². The van der Waals surface area contributed by atoms with Crippen LogP contribution in [0.15, 0.2) is 59.9 Å². The van der Waals surface area contributed by atoms with E-state index in [1.165, 1.54) is 4.68 Å². The molecule has 0 radical (unpaired) electrons. The number of nitrogens with zero attached hydrogens (tertiary/aromatic N) is 4. The molecule has 1 aliphatic rings. The van der Waals surface area contributed by atoms with Crippen molar-refractivity contribution in [1.82, 2.24) is 9.78 Å². The zero-order chi connectivity index (χ0) is 23.8. The van der Waals surface area contributed by atoms with Gasteiger partial charge in [-0.1, -0.05) is 55.9 Å². The van der Waals surface area contributed by atoms with Gasteiger partial charge in [0.05, 0.1) is 5.71 Å². The first-order valence-corrected chi connectivity index (χ1v) is 14.5. The Morgan fingerprint density at radius 1 is 1.12 bits per heavy atom. The van der Waals surface area contributed by atoms with Gasteiger partial charge in [0.25, 0.3) is 12.2 Å². The van der Waals surface area contributed by atoms with Gasteiger partial charge in [0.15, 0.2) is 0 Å². The number of hydrogen-bond acceptors (Lipinski definition) is 4. The maximum absolute atomic E-state index is 12.8. The van der Waals surface area contributed by atoms with Crippen LogP contribution in [0.2, 0.25) is 19.6 Å². The second kappa shape index (κ2) is 8.45. The van der Waals surface area contributed by atoms with Gasteiger partial charge in [-0.25, -0.2) is 4.79 Å². The van der Waals surface area contributed by atoms with Crippen molar-refractivity contribution in [3.8, 4) is 17.2 Å². The largest absolute Gasteiger partial charge is 0.513 e. The topological polar surface area (TPSA) is 60.4 Å². The number of carbonyl (C=O) groups excluding carboxylic acids is 1. The lowest BCUT2D eigenvalue weighted by molar-refractivity contribution is -0.604. The fourth-order valence-electron chi connectivity index (χ4n) is 3.49. The molecule has 3 aromatic rings. The summed E-state index contributed by atoms with van der Waals surface area (Å²) in [6.07, 6.45) is 1.13. The summed E-state index contributed by atoms with van der Waals surface area (Å²) in [6, 6.07) is 16.2. The third-order valence-electron chi connectivity index (χ3n) is 4.89. The van der Waals surface area contributed by atoms with Crippen LogP contribution in [0.25, 0.3) is 5.69 Å². The number of benzene rings is 2. The minimum Gasteiger partial charge on any atom is -0.429 e. The molecule has 2 heterocycles. The molecular weight excluding hydrogens is 428 g/mol. The van der Waals surface area contributed by atoms with E-state index < -0.39 is 19.8 Å². The van der Waals surface area contributed by atoms with Gasteiger partial charge in [-0.3, -0.25) is 4.99 Å².